The van der Waals surface area contributed by atoms with Crippen LogP contribution in [0.4, 0.5) is 0 Å². The van der Waals surface area contributed by atoms with Crippen molar-refractivity contribution in [3.8, 4) is 0 Å². The summed E-state index contributed by atoms with van der Waals surface area (Å²) in [6.07, 6.45) is 1.79. The second kappa shape index (κ2) is 3.59. The fraction of sp³-hybridized carbons (Fsp3) is 0.182. The zero-order valence-corrected chi connectivity index (χ0v) is 9.18. The van der Waals surface area contributed by atoms with Crippen LogP contribution in [0.2, 0.25) is 5.02 Å². The molecular weight excluding hydrogens is 214 g/mol. The third-order valence-corrected chi connectivity index (χ3v) is 2.77. The molecule has 0 radical (unpaired) electrons. The monoisotopic (exact) mass is 223 g/mol. The van der Waals surface area contributed by atoms with Gasteiger partial charge in [-0.3, -0.25) is 0 Å². The number of carbonyl (C=O) groups excluding carboxylic acids is 1. The van der Waals surface area contributed by atoms with Crippen LogP contribution in [-0.2, 0) is 4.74 Å². The third-order valence-electron chi connectivity index (χ3n) is 2.38. The van der Waals surface area contributed by atoms with Crippen LogP contribution in [-0.4, -0.2) is 18.1 Å². The number of aromatic amines is 1. The van der Waals surface area contributed by atoms with Crippen molar-refractivity contribution in [2.75, 3.05) is 7.11 Å². The molecule has 0 aliphatic rings. The zero-order chi connectivity index (χ0) is 11.0. The summed E-state index contributed by atoms with van der Waals surface area (Å²) >= 11 is 6.14. The summed E-state index contributed by atoms with van der Waals surface area (Å²) < 4.78 is 4.69. The van der Waals surface area contributed by atoms with Gasteiger partial charge in [0.15, 0.2) is 0 Å². The summed E-state index contributed by atoms with van der Waals surface area (Å²) in [5.74, 6) is -0.402. The minimum atomic E-state index is -0.402. The van der Waals surface area contributed by atoms with E-state index in [1.165, 1.54) is 7.11 Å². The molecule has 0 spiro atoms. The van der Waals surface area contributed by atoms with E-state index in [0.29, 0.717) is 10.6 Å². The molecular formula is C11H10ClNO2. The molecule has 0 aliphatic heterocycles. The normalized spacial score (nSPS) is 10.6. The number of benzene rings is 1. The Morgan fingerprint density at radius 3 is 2.93 bits per heavy atom. The molecule has 1 aromatic heterocycles. The molecule has 0 saturated carbocycles. The van der Waals surface area contributed by atoms with E-state index >= 15 is 0 Å². The van der Waals surface area contributed by atoms with Crippen molar-refractivity contribution >= 4 is 28.5 Å². The van der Waals surface area contributed by atoms with Crippen molar-refractivity contribution < 1.29 is 9.53 Å². The van der Waals surface area contributed by atoms with Crippen molar-refractivity contribution in [3.63, 3.8) is 0 Å². The summed E-state index contributed by atoms with van der Waals surface area (Å²) in [6, 6.07) is 3.72. The molecule has 1 aromatic carbocycles. The maximum atomic E-state index is 11.5. The standard InChI is InChI=1S/C11H10ClNO2/c1-6-5-8-7(3-4-13-8)10(12)9(6)11(14)15-2/h3-5,13H,1-2H3. The quantitative estimate of drug-likeness (QED) is 0.756. The van der Waals surface area contributed by atoms with E-state index < -0.39 is 5.97 Å². The number of H-pyrrole nitrogens is 1. The lowest BCUT2D eigenvalue weighted by molar-refractivity contribution is 0.0600. The van der Waals surface area contributed by atoms with Crippen LogP contribution in [0.25, 0.3) is 10.9 Å². The minimum Gasteiger partial charge on any atom is -0.465 e. The number of rotatable bonds is 1. The van der Waals surface area contributed by atoms with E-state index in [1.807, 2.05) is 19.1 Å². The number of esters is 1. The van der Waals surface area contributed by atoms with Gasteiger partial charge in [-0.25, -0.2) is 4.79 Å². The fourth-order valence-electron chi connectivity index (χ4n) is 1.64. The Labute approximate surface area is 92.0 Å². The molecule has 1 N–H and O–H groups in total. The Kier molecular flexibility index (Phi) is 2.40. The second-order valence-electron chi connectivity index (χ2n) is 3.31. The predicted molar refractivity (Wildman–Crippen MR) is 59.4 cm³/mol. The molecule has 1 heterocycles. The molecule has 3 nitrogen and oxygen atoms in total. The van der Waals surface area contributed by atoms with Crippen molar-refractivity contribution in [1.29, 1.82) is 0 Å². The Balaban J connectivity index is 2.78. The highest BCUT2D eigenvalue weighted by atomic mass is 35.5. The van der Waals surface area contributed by atoms with Gasteiger partial charge in [0.25, 0.3) is 0 Å². The van der Waals surface area contributed by atoms with Crippen LogP contribution >= 0.6 is 11.6 Å². The highest BCUT2D eigenvalue weighted by Gasteiger charge is 2.17. The van der Waals surface area contributed by atoms with Crippen LogP contribution in [0.5, 0.6) is 0 Å². The van der Waals surface area contributed by atoms with E-state index in [1.54, 1.807) is 6.20 Å². The Bertz CT molecular complexity index is 531. The van der Waals surface area contributed by atoms with E-state index in [9.17, 15) is 4.79 Å². The van der Waals surface area contributed by atoms with Gasteiger partial charge in [0.1, 0.15) is 0 Å². The first-order chi connectivity index (χ1) is 7.15. The van der Waals surface area contributed by atoms with Gasteiger partial charge in [0, 0.05) is 17.1 Å². The zero-order valence-electron chi connectivity index (χ0n) is 8.43. The average Bonchev–Trinajstić information content (AvgIpc) is 2.65. The lowest BCUT2D eigenvalue weighted by atomic mass is 10.1. The molecule has 0 amide bonds. The predicted octanol–water partition coefficient (Wildman–Crippen LogP) is 2.92. The van der Waals surface area contributed by atoms with E-state index in [0.717, 1.165) is 16.5 Å². The maximum Gasteiger partial charge on any atom is 0.339 e. The number of ether oxygens (including phenoxy) is 1. The lowest BCUT2D eigenvalue weighted by Gasteiger charge is -2.07. The number of methoxy groups -OCH3 is 1. The molecule has 0 aliphatic carbocycles. The second-order valence-corrected chi connectivity index (χ2v) is 3.69. The van der Waals surface area contributed by atoms with E-state index in [-0.39, 0.29) is 0 Å². The molecule has 0 unspecified atom stereocenters. The largest absolute Gasteiger partial charge is 0.465 e. The topological polar surface area (TPSA) is 42.1 Å². The van der Waals surface area contributed by atoms with Gasteiger partial charge in [0.05, 0.1) is 17.7 Å². The number of aryl methyl sites for hydroxylation is 1. The van der Waals surface area contributed by atoms with Gasteiger partial charge >= 0.3 is 5.97 Å². The van der Waals surface area contributed by atoms with E-state index in [4.69, 9.17) is 11.6 Å². The molecule has 2 rings (SSSR count). The molecule has 78 valence electrons. The molecule has 0 atom stereocenters. The molecule has 2 aromatic rings. The number of fused-ring (bicyclic) bond motifs is 1. The van der Waals surface area contributed by atoms with Gasteiger partial charge < -0.3 is 9.72 Å². The van der Waals surface area contributed by atoms with Crippen molar-refractivity contribution in [2.24, 2.45) is 0 Å². The molecule has 0 saturated heterocycles. The minimum absolute atomic E-state index is 0.402. The van der Waals surface area contributed by atoms with Crippen LogP contribution in [0.1, 0.15) is 15.9 Å². The molecule has 4 heteroatoms. The number of carbonyl (C=O) groups is 1. The smallest absolute Gasteiger partial charge is 0.339 e. The number of hydrogen-bond acceptors (Lipinski definition) is 2. The highest BCUT2D eigenvalue weighted by Crippen LogP contribution is 2.29. The Morgan fingerprint density at radius 2 is 2.27 bits per heavy atom. The first-order valence-corrected chi connectivity index (χ1v) is 4.87. The van der Waals surface area contributed by atoms with Crippen LogP contribution in [0.3, 0.4) is 0 Å². The molecule has 0 fully saturated rings. The maximum absolute atomic E-state index is 11.5. The number of hydrogen-bond donors (Lipinski definition) is 1. The summed E-state index contributed by atoms with van der Waals surface area (Å²) in [7, 11) is 1.35. The summed E-state index contributed by atoms with van der Waals surface area (Å²) in [6.45, 7) is 1.83. The summed E-state index contributed by atoms with van der Waals surface area (Å²) in [5, 5.41) is 1.28. The van der Waals surface area contributed by atoms with Gasteiger partial charge in [-0.2, -0.15) is 0 Å². The average molecular weight is 224 g/mol. The van der Waals surface area contributed by atoms with Gasteiger partial charge in [-0.05, 0) is 24.6 Å². The molecule has 15 heavy (non-hydrogen) atoms. The fourth-order valence-corrected chi connectivity index (χ4v) is 2.03. The number of aromatic nitrogens is 1. The number of halogens is 1. The van der Waals surface area contributed by atoms with Crippen LogP contribution in [0.15, 0.2) is 18.3 Å². The van der Waals surface area contributed by atoms with Crippen molar-refractivity contribution in [1.82, 2.24) is 4.98 Å². The van der Waals surface area contributed by atoms with Crippen LogP contribution < -0.4 is 0 Å². The van der Waals surface area contributed by atoms with Crippen molar-refractivity contribution in [2.45, 2.75) is 6.92 Å². The van der Waals surface area contributed by atoms with E-state index in [2.05, 4.69) is 9.72 Å². The van der Waals surface area contributed by atoms with Gasteiger partial charge in [-0.1, -0.05) is 11.6 Å². The SMILES string of the molecule is COC(=O)c1c(C)cc2[nH]ccc2c1Cl. The first-order valence-electron chi connectivity index (χ1n) is 4.49. The van der Waals surface area contributed by atoms with Gasteiger partial charge in [0.2, 0.25) is 0 Å². The Hall–Kier alpha value is -1.48. The first kappa shape index (κ1) is 10.1. The van der Waals surface area contributed by atoms with Crippen LogP contribution in [0, 0.1) is 6.92 Å². The molecule has 0 bridgehead atoms. The Morgan fingerprint density at radius 1 is 1.53 bits per heavy atom. The highest BCUT2D eigenvalue weighted by molar-refractivity contribution is 6.38. The third kappa shape index (κ3) is 1.49. The number of nitrogens with one attached hydrogen (secondary N) is 1. The summed E-state index contributed by atoms with van der Waals surface area (Å²) in [5.41, 5.74) is 2.17. The van der Waals surface area contributed by atoms with Gasteiger partial charge in [-0.15, -0.1) is 0 Å². The van der Waals surface area contributed by atoms with Crippen molar-refractivity contribution in [3.05, 3.63) is 34.5 Å². The lowest BCUT2D eigenvalue weighted by Crippen LogP contribution is -2.04. The summed E-state index contributed by atoms with van der Waals surface area (Å²) in [4.78, 5) is 14.6.